The smallest absolute Gasteiger partial charge is 0.417 e. The molecule has 0 bridgehead atoms. The van der Waals surface area contributed by atoms with Crippen molar-refractivity contribution in [3.63, 3.8) is 0 Å². The topological polar surface area (TPSA) is 46.6 Å². The van der Waals surface area contributed by atoms with Gasteiger partial charge >= 0.3 is 12.1 Å². The highest BCUT2D eigenvalue weighted by Crippen LogP contribution is 2.33. The van der Waals surface area contributed by atoms with Gasteiger partial charge in [0, 0.05) is 13.1 Å². The number of nitrogens with zero attached hydrogens (tertiary/aromatic N) is 1. The summed E-state index contributed by atoms with van der Waals surface area (Å²) in [4.78, 5) is 26.1. The molecule has 1 saturated heterocycles. The van der Waals surface area contributed by atoms with Crippen LogP contribution in [0, 0.1) is 11.7 Å². The minimum atomic E-state index is -4.83. The average Bonchev–Trinajstić information content (AvgIpc) is 2.74. The molecule has 0 atom stereocenters. The van der Waals surface area contributed by atoms with Crippen LogP contribution >= 0.6 is 0 Å². The highest BCUT2D eigenvalue weighted by atomic mass is 19.4. The maximum Gasteiger partial charge on any atom is 0.417 e. The van der Waals surface area contributed by atoms with Crippen LogP contribution < -0.4 is 0 Å². The van der Waals surface area contributed by atoms with E-state index in [9.17, 15) is 27.2 Å². The summed E-state index contributed by atoms with van der Waals surface area (Å²) in [6, 6.07) is 2.04. The molecule has 0 N–H and O–H groups in total. The summed E-state index contributed by atoms with van der Waals surface area (Å²) in [5.74, 6) is -2.52. The number of ether oxygens (including phenoxy) is 1. The molecule has 0 unspecified atom stereocenters. The Morgan fingerprint density at radius 1 is 1.03 bits per heavy atom. The highest BCUT2D eigenvalue weighted by molar-refractivity contribution is 5.96. The number of amides is 1. The van der Waals surface area contributed by atoms with Gasteiger partial charge in [0.25, 0.3) is 5.91 Å². The van der Waals surface area contributed by atoms with Crippen molar-refractivity contribution in [3.05, 3.63) is 35.1 Å². The number of likely N-dealkylation sites (tertiary alicyclic amines) is 1. The Morgan fingerprint density at radius 3 is 2.26 bits per heavy atom. The van der Waals surface area contributed by atoms with Crippen LogP contribution in [0.4, 0.5) is 17.6 Å². The largest absolute Gasteiger partial charge is 0.465 e. The van der Waals surface area contributed by atoms with Crippen molar-refractivity contribution in [2.24, 2.45) is 5.92 Å². The van der Waals surface area contributed by atoms with Crippen molar-refractivity contribution in [1.82, 2.24) is 4.90 Å². The normalized spacial score (nSPS) is 15.2. The van der Waals surface area contributed by atoms with Crippen molar-refractivity contribution in [2.75, 3.05) is 19.7 Å². The maximum absolute atomic E-state index is 13.3. The third-order valence-electron chi connectivity index (χ3n) is 5.63. The molecule has 174 valence electrons. The maximum atomic E-state index is 13.3. The van der Waals surface area contributed by atoms with Gasteiger partial charge in [0.2, 0.25) is 0 Å². The van der Waals surface area contributed by atoms with Crippen LogP contribution in [0.5, 0.6) is 0 Å². The van der Waals surface area contributed by atoms with E-state index in [0.717, 1.165) is 31.4 Å². The number of alkyl halides is 3. The molecule has 1 aromatic carbocycles. The lowest BCUT2D eigenvalue weighted by molar-refractivity contribution is -0.150. The minimum Gasteiger partial charge on any atom is -0.465 e. The first-order valence-corrected chi connectivity index (χ1v) is 11.1. The SMILES string of the molecule is CCCCCCCCCOC(=O)C1CCN(C(=O)c2ccc(F)cc2C(F)(F)F)CC1. The van der Waals surface area contributed by atoms with Gasteiger partial charge in [-0.25, -0.2) is 4.39 Å². The Balaban J connectivity index is 1.77. The molecule has 0 radical (unpaired) electrons. The molecule has 4 nitrogen and oxygen atoms in total. The zero-order valence-corrected chi connectivity index (χ0v) is 18.0. The number of carbonyl (C=O) groups excluding carboxylic acids is 2. The zero-order chi connectivity index (χ0) is 22.9. The first-order chi connectivity index (χ1) is 14.7. The highest BCUT2D eigenvalue weighted by Gasteiger charge is 2.37. The lowest BCUT2D eigenvalue weighted by Gasteiger charge is -2.31. The van der Waals surface area contributed by atoms with E-state index in [4.69, 9.17) is 4.74 Å². The number of carbonyl (C=O) groups is 2. The predicted molar refractivity (Wildman–Crippen MR) is 109 cm³/mol. The van der Waals surface area contributed by atoms with E-state index in [1.807, 2.05) is 0 Å². The Labute approximate surface area is 180 Å². The van der Waals surface area contributed by atoms with Crippen LogP contribution in [0.1, 0.15) is 80.6 Å². The molecule has 0 spiro atoms. The minimum absolute atomic E-state index is 0.157. The molecule has 1 amide bonds. The Kier molecular flexibility index (Phi) is 9.78. The summed E-state index contributed by atoms with van der Waals surface area (Å²) in [7, 11) is 0. The van der Waals surface area contributed by atoms with E-state index in [0.29, 0.717) is 25.5 Å². The van der Waals surface area contributed by atoms with Crippen molar-refractivity contribution in [3.8, 4) is 0 Å². The third kappa shape index (κ3) is 7.82. The van der Waals surface area contributed by atoms with Crippen molar-refractivity contribution < 1.29 is 31.9 Å². The Morgan fingerprint density at radius 2 is 1.65 bits per heavy atom. The number of hydrogen-bond donors (Lipinski definition) is 0. The van der Waals surface area contributed by atoms with Crippen LogP contribution in [0.2, 0.25) is 0 Å². The number of esters is 1. The third-order valence-corrected chi connectivity index (χ3v) is 5.63. The summed E-state index contributed by atoms with van der Waals surface area (Å²) in [5, 5.41) is 0. The molecule has 1 aromatic rings. The van der Waals surface area contributed by atoms with E-state index >= 15 is 0 Å². The van der Waals surface area contributed by atoms with Crippen LogP contribution in [-0.4, -0.2) is 36.5 Å². The number of piperidine rings is 1. The fourth-order valence-electron chi connectivity index (χ4n) is 3.78. The van der Waals surface area contributed by atoms with E-state index in [1.54, 1.807) is 0 Å². The molecule has 31 heavy (non-hydrogen) atoms. The summed E-state index contributed by atoms with van der Waals surface area (Å²) in [6.45, 7) is 2.86. The van der Waals surface area contributed by atoms with Crippen molar-refractivity contribution in [2.45, 2.75) is 70.9 Å². The van der Waals surface area contributed by atoms with Gasteiger partial charge in [-0.3, -0.25) is 9.59 Å². The molecular weight excluding hydrogens is 414 g/mol. The summed E-state index contributed by atoms with van der Waals surface area (Å²) < 4.78 is 58.1. The molecule has 1 aliphatic heterocycles. The van der Waals surface area contributed by atoms with Gasteiger partial charge in [0.15, 0.2) is 0 Å². The van der Waals surface area contributed by atoms with Gasteiger partial charge in [0.05, 0.1) is 23.7 Å². The molecule has 0 aromatic heterocycles. The Hall–Kier alpha value is -2.12. The van der Waals surface area contributed by atoms with Gasteiger partial charge in [-0.15, -0.1) is 0 Å². The molecule has 1 aliphatic rings. The van der Waals surface area contributed by atoms with Crippen LogP contribution in [-0.2, 0) is 15.7 Å². The number of halogens is 4. The molecule has 0 aliphatic carbocycles. The molecule has 2 rings (SSSR count). The second-order valence-corrected chi connectivity index (χ2v) is 8.04. The van der Waals surface area contributed by atoms with Crippen molar-refractivity contribution >= 4 is 11.9 Å². The van der Waals surface area contributed by atoms with E-state index in [2.05, 4.69) is 6.92 Å². The lowest BCUT2D eigenvalue weighted by Crippen LogP contribution is -2.41. The number of rotatable bonds is 10. The van der Waals surface area contributed by atoms with Crippen LogP contribution in [0.25, 0.3) is 0 Å². The predicted octanol–water partition coefficient (Wildman–Crippen LogP) is 5.99. The molecule has 1 fully saturated rings. The fraction of sp³-hybridized carbons (Fsp3) is 0.652. The first-order valence-electron chi connectivity index (χ1n) is 11.1. The monoisotopic (exact) mass is 445 g/mol. The standard InChI is InChI=1S/C23H31F4NO3/c1-2-3-4-5-6-7-8-15-31-22(30)17-11-13-28(14-12-17)21(29)19-10-9-18(24)16-20(19)23(25,26)27/h9-10,16-17H,2-8,11-15H2,1H3. The molecular formula is C23H31F4NO3. The van der Waals surface area contributed by atoms with Gasteiger partial charge in [0.1, 0.15) is 5.82 Å². The molecule has 8 heteroatoms. The van der Waals surface area contributed by atoms with Crippen molar-refractivity contribution in [1.29, 1.82) is 0 Å². The summed E-state index contributed by atoms with van der Waals surface area (Å²) >= 11 is 0. The van der Waals surface area contributed by atoms with E-state index < -0.39 is 29.0 Å². The lowest BCUT2D eigenvalue weighted by atomic mass is 9.96. The first kappa shape index (κ1) is 25.1. The number of hydrogen-bond acceptors (Lipinski definition) is 3. The number of benzene rings is 1. The Bertz CT molecular complexity index is 728. The quantitative estimate of drug-likeness (QED) is 0.252. The second-order valence-electron chi connectivity index (χ2n) is 8.04. The fourth-order valence-corrected chi connectivity index (χ4v) is 3.78. The average molecular weight is 445 g/mol. The number of unbranched alkanes of at least 4 members (excludes halogenated alkanes) is 6. The van der Waals surface area contributed by atoms with Gasteiger partial charge in [-0.1, -0.05) is 45.4 Å². The van der Waals surface area contributed by atoms with Gasteiger partial charge in [-0.2, -0.15) is 13.2 Å². The molecule has 1 heterocycles. The second kappa shape index (κ2) is 12.1. The van der Waals surface area contributed by atoms with E-state index in [-0.39, 0.29) is 25.0 Å². The summed E-state index contributed by atoms with van der Waals surface area (Å²) in [5.41, 5.74) is -1.86. The van der Waals surface area contributed by atoms with Crippen LogP contribution in [0.15, 0.2) is 18.2 Å². The molecule has 0 saturated carbocycles. The van der Waals surface area contributed by atoms with Crippen LogP contribution in [0.3, 0.4) is 0 Å². The zero-order valence-electron chi connectivity index (χ0n) is 18.0. The van der Waals surface area contributed by atoms with Gasteiger partial charge < -0.3 is 9.64 Å². The van der Waals surface area contributed by atoms with E-state index in [1.165, 1.54) is 30.6 Å². The summed E-state index contributed by atoms with van der Waals surface area (Å²) in [6.07, 6.45) is 3.68. The van der Waals surface area contributed by atoms with Gasteiger partial charge in [-0.05, 0) is 37.5 Å².